The highest BCUT2D eigenvalue weighted by atomic mass is 79.9. The van der Waals surface area contributed by atoms with E-state index >= 15 is 0 Å². The second-order valence-corrected chi connectivity index (χ2v) is 5.39. The normalized spacial score (nSPS) is 15.2. The van der Waals surface area contributed by atoms with Gasteiger partial charge in [0.25, 0.3) is 0 Å². The molecule has 0 unspecified atom stereocenters. The van der Waals surface area contributed by atoms with Crippen molar-refractivity contribution in [2.75, 3.05) is 7.05 Å². The molecular weight excluding hydrogens is 278 g/mol. The van der Waals surface area contributed by atoms with Crippen molar-refractivity contribution in [1.82, 2.24) is 14.7 Å². The van der Waals surface area contributed by atoms with Crippen molar-refractivity contribution in [3.63, 3.8) is 0 Å². The van der Waals surface area contributed by atoms with Crippen LogP contribution in [0.2, 0.25) is 0 Å². The van der Waals surface area contributed by atoms with Crippen LogP contribution in [0, 0.1) is 6.92 Å². The summed E-state index contributed by atoms with van der Waals surface area (Å²) >= 11 is 3.66. The number of halogens is 1. The molecule has 0 saturated heterocycles. The third-order valence-corrected chi connectivity index (χ3v) is 3.94. The lowest BCUT2D eigenvalue weighted by atomic mass is 10.2. The molecule has 3 nitrogen and oxygen atoms in total. The smallest absolute Gasteiger partial charge is 0.114 e. The van der Waals surface area contributed by atoms with Gasteiger partial charge in [-0.25, -0.2) is 4.68 Å². The summed E-state index contributed by atoms with van der Waals surface area (Å²) in [6.07, 6.45) is 0. The average molecular weight is 292 g/mol. The summed E-state index contributed by atoms with van der Waals surface area (Å²) in [7, 11) is 2.12. The van der Waals surface area contributed by atoms with Crippen LogP contribution in [0.3, 0.4) is 0 Å². The van der Waals surface area contributed by atoms with Crippen LogP contribution in [0.25, 0.3) is 5.69 Å². The maximum atomic E-state index is 4.67. The zero-order chi connectivity index (χ0) is 12.0. The van der Waals surface area contributed by atoms with E-state index in [-0.39, 0.29) is 0 Å². The molecule has 0 atom stereocenters. The van der Waals surface area contributed by atoms with Gasteiger partial charge in [-0.2, -0.15) is 5.10 Å². The van der Waals surface area contributed by atoms with E-state index in [1.54, 1.807) is 0 Å². The van der Waals surface area contributed by atoms with E-state index in [0.29, 0.717) is 0 Å². The van der Waals surface area contributed by atoms with Gasteiger partial charge in [0.15, 0.2) is 0 Å². The topological polar surface area (TPSA) is 21.1 Å². The van der Waals surface area contributed by atoms with Gasteiger partial charge in [-0.15, -0.1) is 0 Å². The number of nitrogens with zero attached hydrogens (tertiary/aromatic N) is 3. The summed E-state index contributed by atoms with van der Waals surface area (Å²) in [5.41, 5.74) is 4.87. The number of hydrogen-bond acceptors (Lipinski definition) is 2. The molecular formula is C13H14BrN3. The molecule has 2 aromatic rings. The van der Waals surface area contributed by atoms with E-state index in [0.717, 1.165) is 23.4 Å². The molecule has 0 saturated carbocycles. The van der Waals surface area contributed by atoms with Gasteiger partial charge in [-0.1, -0.05) is 17.7 Å². The lowest BCUT2D eigenvalue weighted by Gasteiger charge is -2.08. The molecule has 1 aliphatic rings. The molecule has 0 aliphatic carbocycles. The van der Waals surface area contributed by atoms with Crippen LogP contribution in [0.15, 0.2) is 28.9 Å². The molecule has 88 valence electrons. The van der Waals surface area contributed by atoms with Gasteiger partial charge in [0, 0.05) is 18.7 Å². The Morgan fingerprint density at radius 2 is 1.88 bits per heavy atom. The number of aromatic nitrogens is 2. The molecule has 4 heteroatoms. The van der Waals surface area contributed by atoms with Gasteiger partial charge in [-0.05, 0) is 42.0 Å². The highest BCUT2D eigenvalue weighted by molar-refractivity contribution is 9.10. The minimum atomic E-state index is 0.937. The molecule has 0 amide bonds. The Morgan fingerprint density at radius 3 is 2.53 bits per heavy atom. The van der Waals surface area contributed by atoms with Crippen LogP contribution in [-0.4, -0.2) is 21.7 Å². The SMILES string of the molecule is Cc1ccc(-n2nc3c(c2Br)CN(C)C3)cc1. The quantitative estimate of drug-likeness (QED) is 0.806. The fourth-order valence-corrected chi connectivity index (χ4v) is 2.83. The van der Waals surface area contributed by atoms with Gasteiger partial charge in [-0.3, -0.25) is 4.90 Å². The first-order valence-electron chi connectivity index (χ1n) is 5.67. The lowest BCUT2D eigenvalue weighted by molar-refractivity contribution is 0.346. The highest BCUT2D eigenvalue weighted by Gasteiger charge is 2.24. The largest absolute Gasteiger partial charge is 0.296 e. The Kier molecular flexibility index (Phi) is 2.56. The predicted octanol–water partition coefficient (Wildman–Crippen LogP) is 2.89. The molecule has 1 aliphatic heterocycles. The molecule has 1 aromatic heterocycles. The number of aryl methyl sites for hydroxylation is 1. The van der Waals surface area contributed by atoms with Crippen molar-refractivity contribution in [3.8, 4) is 5.69 Å². The predicted molar refractivity (Wildman–Crippen MR) is 71.2 cm³/mol. The first-order chi connectivity index (χ1) is 8.15. The maximum absolute atomic E-state index is 4.67. The minimum Gasteiger partial charge on any atom is -0.296 e. The molecule has 1 aromatic carbocycles. The van der Waals surface area contributed by atoms with Gasteiger partial charge in [0.1, 0.15) is 4.60 Å². The number of benzene rings is 1. The van der Waals surface area contributed by atoms with Gasteiger partial charge >= 0.3 is 0 Å². The van der Waals surface area contributed by atoms with Crippen LogP contribution >= 0.6 is 15.9 Å². The molecule has 0 fully saturated rings. The molecule has 0 spiro atoms. The summed E-state index contributed by atoms with van der Waals surface area (Å²) in [5.74, 6) is 0. The fraction of sp³-hybridized carbons (Fsp3) is 0.308. The van der Waals surface area contributed by atoms with Crippen molar-refractivity contribution in [2.45, 2.75) is 20.0 Å². The molecule has 2 heterocycles. The minimum absolute atomic E-state index is 0.937. The summed E-state index contributed by atoms with van der Waals surface area (Å²) < 4.78 is 3.07. The zero-order valence-electron chi connectivity index (χ0n) is 9.94. The van der Waals surface area contributed by atoms with Crippen LogP contribution < -0.4 is 0 Å². The second-order valence-electron chi connectivity index (χ2n) is 4.64. The highest BCUT2D eigenvalue weighted by Crippen LogP contribution is 2.30. The van der Waals surface area contributed by atoms with Crippen molar-refractivity contribution >= 4 is 15.9 Å². The van der Waals surface area contributed by atoms with E-state index in [2.05, 4.69) is 64.2 Å². The summed E-state index contributed by atoms with van der Waals surface area (Å²) in [4.78, 5) is 2.27. The molecule has 0 N–H and O–H groups in total. The molecule has 17 heavy (non-hydrogen) atoms. The lowest BCUT2D eigenvalue weighted by Crippen LogP contribution is -2.10. The first-order valence-corrected chi connectivity index (χ1v) is 6.46. The number of hydrogen-bond donors (Lipinski definition) is 0. The molecule has 3 rings (SSSR count). The van der Waals surface area contributed by atoms with E-state index in [1.807, 2.05) is 4.68 Å². The summed E-state index contributed by atoms with van der Waals surface area (Å²) in [6.45, 7) is 4.01. The van der Waals surface area contributed by atoms with Crippen LogP contribution in [-0.2, 0) is 13.1 Å². The Hall–Kier alpha value is -1.13. The summed E-state index contributed by atoms with van der Waals surface area (Å²) in [6, 6.07) is 8.43. The first kappa shape index (κ1) is 11.0. The van der Waals surface area contributed by atoms with E-state index < -0.39 is 0 Å². The van der Waals surface area contributed by atoms with Crippen molar-refractivity contribution in [3.05, 3.63) is 45.7 Å². The Labute approximate surface area is 109 Å². The number of rotatable bonds is 1. The van der Waals surface area contributed by atoms with Crippen molar-refractivity contribution < 1.29 is 0 Å². The maximum Gasteiger partial charge on any atom is 0.114 e. The Bertz CT molecular complexity index is 557. The van der Waals surface area contributed by atoms with Crippen LogP contribution in [0.1, 0.15) is 16.8 Å². The third-order valence-electron chi connectivity index (χ3n) is 3.13. The average Bonchev–Trinajstić information content (AvgIpc) is 2.79. The van der Waals surface area contributed by atoms with E-state index in [1.165, 1.54) is 16.8 Å². The third kappa shape index (κ3) is 1.81. The van der Waals surface area contributed by atoms with Crippen LogP contribution in [0.5, 0.6) is 0 Å². The Balaban J connectivity index is 2.06. The zero-order valence-corrected chi connectivity index (χ0v) is 11.5. The fourth-order valence-electron chi connectivity index (χ4n) is 2.19. The summed E-state index contributed by atoms with van der Waals surface area (Å²) in [5, 5.41) is 4.67. The van der Waals surface area contributed by atoms with Crippen LogP contribution in [0.4, 0.5) is 0 Å². The van der Waals surface area contributed by atoms with Crippen molar-refractivity contribution in [1.29, 1.82) is 0 Å². The standard InChI is InChI=1S/C13H14BrN3/c1-9-3-5-10(6-4-9)17-13(14)11-7-16(2)8-12(11)15-17/h3-6H,7-8H2,1-2H3. The Morgan fingerprint density at radius 1 is 1.18 bits per heavy atom. The van der Waals surface area contributed by atoms with Gasteiger partial charge in [0.2, 0.25) is 0 Å². The van der Waals surface area contributed by atoms with E-state index in [9.17, 15) is 0 Å². The molecule has 0 radical (unpaired) electrons. The van der Waals surface area contributed by atoms with E-state index in [4.69, 9.17) is 0 Å². The molecule has 0 bridgehead atoms. The second kappa shape index (κ2) is 3.96. The van der Waals surface area contributed by atoms with Crippen molar-refractivity contribution in [2.24, 2.45) is 0 Å². The van der Waals surface area contributed by atoms with Gasteiger partial charge in [0.05, 0.1) is 11.4 Å². The monoisotopic (exact) mass is 291 g/mol. The van der Waals surface area contributed by atoms with Gasteiger partial charge < -0.3 is 0 Å². The number of fused-ring (bicyclic) bond motifs is 1.